The lowest BCUT2D eigenvalue weighted by Crippen LogP contribution is -2.30. The van der Waals surface area contributed by atoms with Crippen molar-refractivity contribution in [2.24, 2.45) is 0 Å². The fraction of sp³-hybridized carbons (Fsp3) is 0.955. The number of hydrogen-bond acceptors (Lipinski definition) is 6. The molecule has 0 amide bonds. The maximum atomic E-state index is 12.8. The Morgan fingerprint density at radius 3 is 0.556 bits per heavy atom. The van der Waals surface area contributed by atoms with Crippen LogP contribution >= 0.6 is 0 Å². The molecule has 1 atom stereocenters. The van der Waals surface area contributed by atoms with Crippen LogP contribution in [0.4, 0.5) is 0 Å². The number of esters is 3. The van der Waals surface area contributed by atoms with Gasteiger partial charge in [-0.15, -0.1) is 0 Å². The summed E-state index contributed by atoms with van der Waals surface area (Å²) in [5, 5.41) is 0. The predicted molar refractivity (Wildman–Crippen MR) is 312 cm³/mol. The molecule has 0 rings (SSSR count). The van der Waals surface area contributed by atoms with Gasteiger partial charge in [-0.2, -0.15) is 0 Å². The van der Waals surface area contributed by atoms with Crippen LogP contribution in [-0.2, 0) is 28.6 Å². The Morgan fingerprint density at radius 1 is 0.222 bits per heavy atom. The predicted octanol–water partition coefficient (Wildman–Crippen LogP) is 22.3. The molecule has 0 N–H and O–H groups in total. The monoisotopic (exact) mass is 1020 g/mol. The van der Waals surface area contributed by atoms with E-state index in [4.69, 9.17) is 14.2 Å². The molecule has 0 radical (unpaired) electrons. The van der Waals surface area contributed by atoms with Crippen LogP contribution in [0.3, 0.4) is 0 Å². The second-order valence-corrected chi connectivity index (χ2v) is 22.8. The SMILES string of the molecule is CCCCCCCCCCCCCCCCCCCCCCCCCCCCCCCCCCCCC(=O)OCC(COC(=O)CCCCCCC)OC(=O)CCCCCCCCCCCCCCCCC. The number of rotatable bonds is 62. The lowest BCUT2D eigenvalue weighted by atomic mass is 10.0. The topological polar surface area (TPSA) is 78.9 Å². The zero-order valence-corrected chi connectivity index (χ0v) is 49.2. The maximum absolute atomic E-state index is 12.8. The summed E-state index contributed by atoms with van der Waals surface area (Å²) < 4.78 is 16.8. The highest BCUT2D eigenvalue weighted by Crippen LogP contribution is 2.19. The van der Waals surface area contributed by atoms with Crippen LogP contribution in [0.5, 0.6) is 0 Å². The molecule has 0 aromatic heterocycles. The fourth-order valence-corrected chi connectivity index (χ4v) is 10.4. The standard InChI is InChI=1S/C66H128O6/c1-4-7-10-13-15-17-19-21-23-24-25-26-27-28-29-30-31-32-33-34-35-36-37-38-39-40-41-43-44-46-48-50-53-56-59-65(68)71-62-63(61-70-64(67)58-55-52-12-9-6-3)72-66(69)60-57-54-51-49-47-45-42-22-20-18-16-14-11-8-5-2/h63H,4-62H2,1-3H3. The summed E-state index contributed by atoms with van der Waals surface area (Å²) in [4.78, 5) is 37.8. The highest BCUT2D eigenvalue weighted by molar-refractivity contribution is 5.71. The Bertz CT molecular complexity index is 1080. The third-order valence-corrected chi connectivity index (χ3v) is 15.4. The normalized spacial score (nSPS) is 11.9. The van der Waals surface area contributed by atoms with Gasteiger partial charge >= 0.3 is 17.9 Å². The molecule has 72 heavy (non-hydrogen) atoms. The number of carbonyl (C=O) groups is 3. The summed E-state index contributed by atoms with van der Waals surface area (Å²) in [6, 6.07) is 0. The van der Waals surface area contributed by atoms with Gasteiger partial charge in [-0.1, -0.05) is 348 Å². The van der Waals surface area contributed by atoms with Crippen molar-refractivity contribution in [3.8, 4) is 0 Å². The van der Waals surface area contributed by atoms with E-state index in [-0.39, 0.29) is 31.1 Å². The molecule has 0 aliphatic rings. The summed E-state index contributed by atoms with van der Waals surface area (Å²) in [6.07, 6.45) is 72.0. The lowest BCUT2D eigenvalue weighted by molar-refractivity contribution is -0.167. The first-order chi connectivity index (χ1) is 35.5. The molecule has 0 spiro atoms. The fourth-order valence-electron chi connectivity index (χ4n) is 10.4. The van der Waals surface area contributed by atoms with E-state index in [1.165, 1.54) is 283 Å². The molecule has 0 saturated heterocycles. The van der Waals surface area contributed by atoms with Crippen molar-refractivity contribution in [3.63, 3.8) is 0 Å². The van der Waals surface area contributed by atoms with Gasteiger partial charge in [0, 0.05) is 19.3 Å². The van der Waals surface area contributed by atoms with E-state index >= 15 is 0 Å². The molecule has 6 heteroatoms. The second kappa shape index (κ2) is 62.0. The minimum absolute atomic E-state index is 0.0626. The van der Waals surface area contributed by atoms with Gasteiger partial charge < -0.3 is 14.2 Å². The zero-order valence-electron chi connectivity index (χ0n) is 49.2. The van der Waals surface area contributed by atoms with Crippen molar-refractivity contribution < 1.29 is 28.6 Å². The molecular formula is C66H128O6. The van der Waals surface area contributed by atoms with Crippen LogP contribution in [0.2, 0.25) is 0 Å². The van der Waals surface area contributed by atoms with Crippen LogP contribution < -0.4 is 0 Å². The van der Waals surface area contributed by atoms with E-state index in [0.29, 0.717) is 19.3 Å². The zero-order chi connectivity index (χ0) is 52.2. The summed E-state index contributed by atoms with van der Waals surface area (Å²) >= 11 is 0. The van der Waals surface area contributed by atoms with Crippen LogP contribution in [0.25, 0.3) is 0 Å². The lowest BCUT2D eigenvalue weighted by Gasteiger charge is -2.18. The van der Waals surface area contributed by atoms with Crippen molar-refractivity contribution in [2.45, 2.75) is 393 Å². The second-order valence-electron chi connectivity index (χ2n) is 22.8. The minimum Gasteiger partial charge on any atom is -0.462 e. The molecule has 6 nitrogen and oxygen atoms in total. The summed E-state index contributed by atoms with van der Waals surface area (Å²) in [5.74, 6) is -0.850. The summed E-state index contributed by atoms with van der Waals surface area (Å²) in [7, 11) is 0. The highest BCUT2D eigenvalue weighted by atomic mass is 16.6. The molecule has 0 aliphatic carbocycles. The molecule has 0 bridgehead atoms. The van der Waals surface area contributed by atoms with Gasteiger partial charge in [-0.3, -0.25) is 14.4 Å². The molecule has 0 heterocycles. The van der Waals surface area contributed by atoms with Gasteiger partial charge in [0.2, 0.25) is 0 Å². The van der Waals surface area contributed by atoms with Crippen molar-refractivity contribution >= 4 is 17.9 Å². The molecule has 0 aromatic rings. The third-order valence-electron chi connectivity index (χ3n) is 15.4. The van der Waals surface area contributed by atoms with Crippen molar-refractivity contribution in [3.05, 3.63) is 0 Å². The average Bonchev–Trinajstić information content (AvgIpc) is 3.38. The molecule has 428 valence electrons. The van der Waals surface area contributed by atoms with Crippen molar-refractivity contribution in [2.75, 3.05) is 13.2 Å². The number of carbonyl (C=O) groups excluding carboxylic acids is 3. The smallest absolute Gasteiger partial charge is 0.306 e. The van der Waals surface area contributed by atoms with E-state index < -0.39 is 6.10 Å². The Morgan fingerprint density at radius 2 is 0.375 bits per heavy atom. The largest absolute Gasteiger partial charge is 0.462 e. The molecule has 0 aromatic carbocycles. The van der Waals surface area contributed by atoms with Crippen LogP contribution in [-0.4, -0.2) is 37.2 Å². The molecular weight excluding hydrogens is 889 g/mol. The van der Waals surface area contributed by atoms with Crippen LogP contribution in [0.1, 0.15) is 387 Å². The molecule has 0 fully saturated rings. The Labute approximate surface area is 450 Å². The van der Waals surface area contributed by atoms with Crippen molar-refractivity contribution in [1.82, 2.24) is 0 Å². The minimum atomic E-state index is -0.759. The van der Waals surface area contributed by atoms with E-state index in [1.807, 2.05) is 0 Å². The van der Waals surface area contributed by atoms with E-state index in [1.54, 1.807) is 0 Å². The number of unbranched alkanes of at least 4 members (excludes halogenated alkanes) is 51. The van der Waals surface area contributed by atoms with Gasteiger partial charge in [0.15, 0.2) is 6.10 Å². The molecule has 0 saturated carbocycles. The van der Waals surface area contributed by atoms with Crippen LogP contribution in [0.15, 0.2) is 0 Å². The summed E-state index contributed by atoms with van der Waals surface area (Å²) in [5.41, 5.74) is 0. The maximum Gasteiger partial charge on any atom is 0.306 e. The Hall–Kier alpha value is -1.59. The van der Waals surface area contributed by atoms with Gasteiger partial charge in [0.1, 0.15) is 13.2 Å². The van der Waals surface area contributed by atoms with Gasteiger partial charge in [-0.05, 0) is 19.3 Å². The highest BCUT2D eigenvalue weighted by Gasteiger charge is 2.19. The van der Waals surface area contributed by atoms with Crippen LogP contribution in [0, 0.1) is 0 Å². The molecule has 1 unspecified atom stereocenters. The van der Waals surface area contributed by atoms with E-state index in [0.717, 1.165) is 64.2 Å². The molecule has 0 aliphatic heterocycles. The summed E-state index contributed by atoms with van der Waals surface area (Å²) in [6.45, 7) is 6.63. The van der Waals surface area contributed by atoms with Crippen molar-refractivity contribution in [1.29, 1.82) is 0 Å². The Kier molecular flexibility index (Phi) is 60.6. The van der Waals surface area contributed by atoms with Gasteiger partial charge in [-0.25, -0.2) is 0 Å². The first kappa shape index (κ1) is 70.4. The quantitative estimate of drug-likeness (QED) is 0.0343. The third kappa shape index (κ3) is 59.3. The Balaban J connectivity index is 3.81. The number of ether oxygens (including phenoxy) is 3. The first-order valence-corrected chi connectivity index (χ1v) is 33.0. The van der Waals surface area contributed by atoms with Gasteiger partial charge in [0.25, 0.3) is 0 Å². The van der Waals surface area contributed by atoms with E-state index in [2.05, 4.69) is 20.8 Å². The first-order valence-electron chi connectivity index (χ1n) is 33.0. The average molecular weight is 1020 g/mol. The number of hydrogen-bond donors (Lipinski definition) is 0. The van der Waals surface area contributed by atoms with E-state index in [9.17, 15) is 14.4 Å². The van der Waals surface area contributed by atoms with Gasteiger partial charge in [0.05, 0.1) is 0 Å².